The van der Waals surface area contributed by atoms with Gasteiger partial charge >= 0.3 is 35.8 Å². The molecule has 0 aromatic carbocycles. The number of carbonyl (C=O) groups is 6. The van der Waals surface area contributed by atoms with Gasteiger partial charge in [0.05, 0.1) is 23.3 Å². The molecule has 14 nitrogen and oxygen atoms in total. The van der Waals surface area contributed by atoms with Crippen molar-refractivity contribution in [2.24, 2.45) is 23.2 Å². The number of carbonyl (C=O) groups excluding carboxylic acids is 6. The average Bonchev–Trinajstić information content (AvgIpc) is 3.71. The molecule has 1 spiro atoms. The molecule has 4 rings (SSSR count). The van der Waals surface area contributed by atoms with Crippen LogP contribution in [0.2, 0.25) is 0 Å². The minimum atomic E-state index is -2.42. The molecule has 266 valence electrons. The molecule has 2 aliphatic carbocycles. The summed E-state index contributed by atoms with van der Waals surface area (Å²) in [7, 11) is 0. The van der Waals surface area contributed by atoms with Crippen molar-refractivity contribution < 1.29 is 67.0 Å². The van der Waals surface area contributed by atoms with E-state index in [1.807, 2.05) is 0 Å². The monoisotopic (exact) mass is 698 g/mol. The molecule has 0 amide bonds. The van der Waals surface area contributed by atoms with Gasteiger partial charge in [-0.05, 0) is 24.5 Å². The molecule has 0 aromatic rings. The lowest BCUT2D eigenvalue weighted by Crippen LogP contribution is -2.76. The largest absolute Gasteiger partial charge is 0.459 e. The van der Waals surface area contributed by atoms with Crippen molar-refractivity contribution in [3.63, 3.8) is 0 Å². The number of allylic oxidation sites excluding steroid dienone is 1. The first-order valence-corrected chi connectivity index (χ1v) is 16.1. The van der Waals surface area contributed by atoms with Crippen LogP contribution < -0.4 is 0 Å². The lowest BCUT2D eigenvalue weighted by Gasteiger charge is -2.59. The first-order valence-electron chi connectivity index (χ1n) is 15.7. The van der Waals surface area contributed by atoms with Crippen molar-refractivity contribution in [3.8, 4) is 0 Å². The molecule has 2 heterocycles. The van der Waals surface area contributed by atoms with Crippen LogP contribution in [0.15, 0.2) is 24.3 Å². The third kappa shape index (κ3) is 6.46. The van der Waals surface area contributed by atoms with Crippen molar-refractivity contribution >= 4 is 47.4 Å². The number of fused-ring (bicyclic) bond motifs is 3. The van der Waals surface area contributed by atoms with Gasteiger partial charge in [-0.2, -0.15) is 0 Å². The molecule has 2 saturated heterocycles. The molecule has 4 aliphatic rings. The maximum Gasteiger partial charge on any atom is 0.312 e. The summed E-state index contributed by atoms with van der Waals surface area (Å²) in [6.07, 6.45) is -6.71. The summed E-state index contributed by atoms with van der Waals surface area (Å²) >= 11 is 6.80. The maximum atomic E-state index is 13.3. The number of hydrogen-bond acceptors (Lipinski definition) is 14. The number of ether oxygens (including phenoxy) is 7. The highest BCUT2D eigenvalue weighted by atomic mass is 35.5. The second kappa shape index (κ2) is 13.4. The zero-order valence-electron chi connectivity index (χ0n) is 28.2. The molecular weight excluding hydrogens is 656 g/mol. The number of hydrogen-bond donors (Lipinski definition) is 1. The van der Waals surface area contributed by atoms with Gasteiger partial charge in [0, 0.05) is 40.0 Å². The highest BCUT2D eigenvalue weighted by Crippen LogP contribution is 2.63. The van der Waals surface area contributed by atoms with Gasteiger partial charge in [-0.25, -0.2) is 0 Å². The number of halogens is 1. The van der Waals surface area contributed by atoms with Crippen LogP contribution in [0.5, 0.6) is 0 Å². The summed E-state index contributed by atoms with van der Waals surface area (Å²) in [4.78, 5) is 77.7. The van der Waals surface area contributed by atoms with E-state index in [4.69, 9.17) is 44.8 Å². The fourth-order valence-electron chi connectivity index (χ4n) is 7.51. The van der Waals surface area contributed by atoms with Gasteiger partial charge < -0.3 is 38.3 Å². The average molecular weight is 699 g/mol. The summed E-state index contributed by atoms with van der Waals surface area (Å²) in [5.74, 6) is -7.94. The van der Waals surface area contributed by atoms with Crippen LogP contribution in [0.1, 0.15) is 61.8 Å². The van der Waals surface area contributed by atoms with Gasteiger partial charge in [-0.3, -0.25) is 28.8 Å². The Kier molecular flexibility index (Phi) is 10.4. The van der Waals surface area contributed by atoms with Crippen molar-refractivity contribution in [3.05, 3.63) is 24.3 Å². The molecule has 12 atom stereocenters. The molecule has 15 heteroatoms. The Morgan fingerprint density at radius 2 is 1.48 bits per heavy atom. The minimum absolute atomic E-state index is 0.0667. The maximum absolute atomic E-state index is 13.3. The standard InChI is InChI=1S/C33H43ClO14/c1-14(2)12-22(39)47-24-27(44-18(6)36)31(9)21(43-17(5)35)11-10-15(3)23(34)26-33(41,16(4)30(40)48-26)29(46-20(8)38)25(31)32(13-42-32)28(24)45-19(7)37/h10-11,14,16,21,23-29,41H,3,12-13H2,1-2,4-9H3/b11-10+/t16-,21-,23-,24+,25+,26-,27-,28+,29?,31+,32-,33-/m0/s1. The van der Waals surface area contributed by atoms with Crippen LogP contribution in [0.25, 0.3) is 0 Å². The Hall–Kier alpha value is -3.49. The Bertz CT molecular complexity index is 1400. The number of aliphatic hydroxyl groups is 1. The SMILES string of the molecule is C=C1/C=C/[C@H](OC(C)=O)[C@@]2(C)[C@@H](OC(C)=O)[C@@H](OC(=O)CC(C)C)[C@@H](OC(C)=O)[C@]3(CO3)[C@@H]2C(OC(C)=O)[C@]2(O)[C@@H](C)C(=O)O[C@H]2[C@H]1Cl. The number of rotatable bonds is 7. The summed E-state index contributed by atoms with van der Waals surface area (Å²) in [5, 5.41) is 11.5. The normalized spacial score (nSPS) is 40.9. The summed E-state index contributed by atoms with van der Waals surface area (Å²) in [6, 6.07) is 0. The lowest BCUT2D eigenvalue weighted by atomic mass is 9.51. The van der Waals surface area contributed by atoms with Gasteiger partial charge in [-0.15, -0.1) is 11.6 Å². The minimum Gasteiger partial charge on any atom is -0.459 e. The van der Waals surface area contributed by atoms with Crippen LogP contribution in [0.3, 0.4) is 0 Å². The van der Waals surface area contributed by atoms with Gasteiger partial charge in [0.1, 0.15) is 17.8 Å². The molecule has 2 aliphatic heterocycles. The molecule has 0 bridgehead atoms. The summed E-state index contributed by atoms with van der Waals surface area (Å²) < 4.78 is 41.3. The van der Waals surface area contributed by atoms with E-state index in [0.717, 1.165) is 27.7 Å². The van der Waals surface area contributed by atoms with E-state index in [0.29, 0.717) is 0 Å². The van der Waals surface area contributed by atoms with E-state index in [1.165, 1.54) is 26.0 Å². The topological polar surface area (TPSA) is 191 Å². The zero-order chi connectivity index (χ0) is 36.1. The van der Waals surface area contributed by atoms with Crippen molar-refractivity contribution in [1.29, 1.82) is 0 Å². The number of esters is 6. The van der Waals surface area contributed by atoms with E-state index in [9.17, 15) is 33.9 Å². The number of epoxide rings is 1. The predicted molar refractivity (Wildman–Crippen MR) is 164 cm³/mol. The molecule has 1 unspecified atom stereocenters. The van der Waals surface area contributed by atoms with Crippen LogP contribution >= 0.6 is 11.6 Å². The molecule has 48 heavy (non-hydrogen) atoms. The Balaban J connectivity index is 2.15. The van der Waals surface area contributed by atoms with Gasteiger partial charge in [0.2, 0.25) is 0 Å². The quantitative estimate of drug-likeness (QED) is 0.176. The lowest BCUT2D eigenvalue weighted by molar-refractivity contribution is -0.280. The molecule has 0 aromatic heterocycles. The molecule has 1 N–H and O–H groups in total. The van der Waals surface area contributed by atoms with E-state index < -0.39 is 106 Å². The van der Waals surface area contributed by atoms with Crippen LogP contribution in [0.4, 0.5) is 0 Å². The third-order valence-electron chi connectivity index (χ3n) is 9.60. The third-order valence-corrected chi connectivity index (χ3v) is 10.1. The van der Waals surface area contributed by atoms with Crippen LogP contribution in [0, 0.1) is 23.2 Å². The van der Waals surface area contributed by atoms with E-state index in [-0.39, 0.29) is 24.5 Å². The molecule has 3 fully saturated rings. The van der Waals surface area contributed by atoms with Gasteiger partial charge in [0.25, 0.3) is 0 Å². The second-order valence-corrected chi connectivity index (χ2v) is 14.0. The highest BCUT2D eigenvalue weighted by molar-refractivity contribution is 6.23. The predicted octanol–water partition coefficient (Wildman–Crippen LogP) is 2.10. The van der Waals surface area contributed by atoms with Crippen molar-refractivity contribution in [2.75, 3.05) is 6.61 Å². The first-order chi connectivity index (χ1) is 22.2. The van der Waals surface area contributed by atoms with Crippen molar-refractivity contribution in [1.82, 2.24) is 0 Å². The van der Waals surface area contributed by atoms with Crippen molar-refractivity contribution in [2.45, 2.75) is 115 Å². The Morgan fingerprint density at radius 3 is 1.98 bits per heavy atom. The smallest absolute Gasteiger partial charge is 0.312 e. The summed E-state index contributed by atoms with van der Waals surface area (Å²) in [6.45, 7) is 14.6. The second-order valence-electron chi connectivity index (χ2n) is 13.6. The van der Waals surface area contributed by atoms with Crippen LogP contribution in [-0.4, -0.2) is 101 Å². The van der Waals surface area contributed by atoms with E-state index in [2.05, 4.69) is 6.58 Å². The highest BCUT2D eigenvalue weighted by Gasteiger charge is 2.81. The van der Waals surface area contributed by atoms with Crippen LogP contribution in [-0.2, 0) is 61.9 Å². The fourth-order valence-corrected chi connectivity index (χ4v) is 7.84. The Morgan fingerprint density at radius 1 is 0.958 bits per heavy atom. The van der Waals surface area contributed by atoms with Gasteiger partial charge in [-0.1, -0.05) is 33.4 Å². The zero-order valence-corrected chi connectivity index (χ0v) is 28.9. The first kappa shape index (κ1) is 37.3. The molecule has 0 radical (unpaired) electrons. The van der Waals surface area contributed by atoms with Gasteiger partial charge in [0.15, 0.2) is 30.0 Å². The fraction of sp³-hybridized carbons (Fsp3) is 0.697. The molecular formula is C33H43ClO14. The number of alkyl halides is 1. The Labute approximate surface area is 283 Å². The molecule has 1 saturated carbocycles. The van der Waals surface area contributed by atoms with E-state index >= 15 is 0 Å². The summed E-state index contributed by atoms with van der Waals surface area (Å²) in [5.41, 5.74) is -5.87. The van der Waals surface area contributed by atoms with E-state index in [1.54, 1.807) is 13.8 Å².